The van der Waals surface area contributed by atoms with Crippen molar-refractivity contribution >= 4 is 33.3 Å². The Hall–Kier alpha value is -1.95. The molecule has 0 atom stereocenters. The van der Waals surface area contributed by atoms with Crippen LogP contribution in [-0.2, 0) is 0 Å². The molecular formula is C16H19BrN4O. The van der Waals surface area contributed by atoms with Crippen molar-refractivity contribution in [1.82, 2.24) is 15.3 Å². The number of rotatable bonds is 6. The first-order valence-corrected chi connectivity index (χ1v) is 8.03. The Morgan fingerprint density at radius 2 is 2.09 bits per heavy atom. The molecular weight excluding hydrogens is 344 g/mol. The summed E-state index contributed by atoms with van der Waals surface area (Å²) < 4.78 is 1.03. The highest BCUT2D eigenvalue weighted by atomic mass is 79.9. The number of nitrogens with one attached hydrogen (secondary N) is 2. The Morgan fingerprint density at radius 1 is 1.27 bits per heavy atom. The predicted molar refractivity (Wildman–Crippen MR) is 91.4 cm³/mol. The summed E-state index contributed by atoms with van der Waals surface area (Å²) in [7, 11) is 0. The monoisotopic (exact) mass is 362 g/mol. The van der Waals surface area contributed by atoms with Crippen LogP contribution in [0.15, 0.2) is 35.1 Å². The van der Waals surface area contributed by atoms with Crippen molar-refractivity contribution in [3.05, 3.63) is 46.3 Å². The first kappa shape index (κ1) is 16.4. The molecule has 2 rings (SSSR count). The topological polar surface area (TPSA) is 66.9 Å². The number of nitrogens with zero attached hydrogens (tertiary/aromatic N) is 2. The molecule has 116 valence electrons. The number of carbonyl (C=O) groups excluding carboxylic acids is 1. The number of aryl methyl sites for hydroxylation is 1. The second-order valence-corrected chi connectivity index (χ2v) is 5.90. The Kier molecular flexibility index (Phi) is 5.89. The van der Waals surface area contributed by atoms with Crippen molar-refractivity contribution in [2.24, 2.45) is 0 Å². The lowest BCUT2D eigenvalue weighted by atomic mass is 10.2. The van der Waals surface area contributed by atoms with E-state index in [0.717, 1.165) is 28.6 Å². The summed E-state index contributed by atoms with van der Waals surface area (Å²) in [5.74, 6) is 0.419. The molecule has 0 aliphatic carbocycles. The highest BCUT2D eigenvalue weighted by Crippen LogP contribution is 2.22. The highest BCUT2D eigenvalue weighted by Gasteiger charge is 2.07. The number of halogens is 1. The normalized spacial score (nSPS) is 10.3. The standard InChI is InChI=1S/C16H19BrN4O/c1-3-4-7-18-16(22)14-9-20-15(10-19-14)21-13-6-5-12(17)8-11(13)2/h5-6,8-10H,3-4,7H2,1-2H3,(H,18,22)(H,20,21). The summed E-state index contributed by atoms with van der Waals surface area (Å²) >= 11 is 3.43. The van der Waals surface area contributed by atoms with Gasteiger partial charge in [0, 0.05) is 16.7 Å². The lowest BCUT2D eigenvalue weighted by molar-refractivity contribution is 0.0948. The first-order valence-electron chi connectivity index (χ1n) is 7.23. The van der Waals surface area contributed by atoms with E-state index in [1.54, 1.807) is 6.20 Å². The summed E-state index contributed by atoms with van der Waals surface area (Å²) in [4.78, 5) is 20.2. The molecule has 0 saturated heterocycles. The fraction of sp³-hybridized carbons (Fsp3) is 0.312. The molecule has 2 aromatic rings. The van der Waals surface area contributed by atoms with Crippen LogP contribution in [0.4, 0.5) is 11.5 Å². The molecule has 1 heterocycles. The summed E-state index contributed by atoms with van der Waals surface area (Å²) in [6.07, 6.45) is 5.05. The van der Waals surface area contributed by atoms with Gasteiger partial charge in [-0.05, 0) is 37.1 Å². The van der Waals surface area contributed by atoms with Crippen molar-refractivity contribution in [3.8, 4) is 0 Å². The molecule has 0 saturated carbocycles. The van der Waals surface area contributed by atoms with E-state index in [1.165, 1.54) is 6.20 Å². The number of hydrogen-bond acceptors (Lipinski definition) is 4. The predicted octanol–water partition coefficient (Wildman–Crippen LogP) is 3.82. The zero-order chi connectivity index (χ0) is 15.9. The second-order valence-electron chi connectivity index (χ2n) is 4.98. The van der Waals surface area contributed by atoms with E-state index in [1.807, 2.05) is 25.1 Å². The van der Waals surface area contributed by atoms with Crippen molar-refractivity contribution in [2.75, 3.05) is 11.9 Å². The highest BCUT2D eigenvalue weighted by molar-refractivity contribution is 9.10. The van der Waals surface area contributed by atoms with E-state index in [4.69, 9.17) is 0 Å². The van der Waals surface area contributed by atoms with Crippen LogP contribution in [0.1, 0.15) is 35.8 Å². The second kappa shape index (κ2) is 7.89. The number of benzene rings is 1. The third-order valence-electron chi connectivity index (χ3n) is 3.15. The third-order valence-corrected chi connectivity index (χ3v) is 3.64. The van der Waals surface area contributed by atoms with Crippen LogP contribution in [0.3, 0.4) is 0 Å². The van der Waals surface area contributed by atoms with E-state index in [0.29, 0.717) is 18.1 Å². The first-order chi connectivity index (χ1) is 10.6. The Labute approximate surface area is 138 Å². The molecule has 1 amide bonds. The quantitative estimate of drug-likeness (QED) is 0.766. The summed E-state index contributed by atoms with van der Waals surface area (Å²) in [5, 5.41) is 6.01. The van der Waals surface area contributed by atoms with Crippen molar-refractivity contribution in [2.45, 2.75) is 26.7 Å². The van der Waals surface area contributed by atoms with Gasteiger partial charge in [-0.2, -0.15) is 0 Å². The van der Waals surface area contributed by atoms with Crippen LogP contribution >= 0.6 is 15.9 Å². The van der Waals surface area contributed by atoms with E-state index >= 15 is 0 Å². The van der Waals surface area contributed by atoms with Gasteiger partial charge in [0.2, 0.25) is 0 Å². The number of anilines is 2. The van der Waals surface area contributed by atoms with Crippen LogP contribution < -0.4 is 10.6 Å². The SMILES string of the molecule is CCCCNC(=O)c1cnc(Nc2ccc(Br)cc2C)cn1. The number of amides is 1. The van der Waals surface area contributed by atoms with Crippen LogP contribution in [0.2, 0.25) is 0 Å². The van der Waals surface area contributed by atoms with Gasteiger partial charge in [-0.25, -0.2) is 9.97 Å². The Bertz CT molecular complexity index is 643. The van der Waals surface area contributed by atoms with Gasteiger partial charge in [-0.3, -0.25) is 4.79 Å². The smallest absolute Gasteiger partial charge is 0.271 e. The van der Waals surface area contributed by atoms with E-state index in [2.05, 4.69) is 43.5 Å². The average Bonchev–Trinajstić information content (AvgIpc) is 2.51. The molecule has 2 N–H and O–H groups in total. The van der Waals surface area contributed by atoms with Gasteiger partial charge in [-0.1, -0.05) is 29.3 Å². The minimum Gasteiger partial charge on any atom is -0.351 e. The lowest BCUT2D eigenvalue weighted by Gasteiger charge is -2.09. The fourth-order valence-corrected chi connectivity index (χ4v) is 2.36. The molecule has 0 radical (unpaired) electrons. The maximum absolute atomic E-state index is 11.8. The summed E-state index contributed by atoms with van der Waals surface area (Å²) in [6, 6.07) is 5.94. The van der Waals surface area contributed by atoms with E-state index < -0.39 is 0 Å². The maximum atomic E-state index is 11.8. The van der Waals surface area contributed by atoms with E-state index in [-0.39, 0.29) is 5.91 Å². The summed E-state index contributed by atoms with van der Waals surface area (Å²) in [5.41, 5.74) is 2.38. The third kappa shape index (κ3) is 4.53. The summed E-state index contributed by atoms with van der Waals surface area (Å²) in [6.45, 7) is 4.75. The van der Waals surface area contributed by atoms with Gasteiger partial charge >= 0.3 is 0 Å². The maximum Gasteiger partial charge on any atom is 0.271 e. The Morgan fingerprint density at radius 3 is 2.73 bits per heavy atom. The van der Waals surface area contributed by atoms with Gasteiger partial charge in [0.1, 0.15) is 11.5 Å². The average molecular weight is 363 g/mol. The fourth-order valence-electron chi connectivity index (χ4n) is 1.88. The largest absolute Gasteiger partial charge is 0.351 e. The molecule has 5 nitrogen and oxygen atoms in total. The minimum atomic E-state index is -0.188. The van der Waals surface area contributed by atoms with Crippen LogP contribution in [0.25, 0.3) is 0 Å². The van der Waals surface area contributed by atoms with E-state index in [9.17, 15) is 4.79 Å². The minimum absolute atomic E-state index is 0.188. The molecule has 22 heavy (non-hydrogen) atoms. The number of unbranched alkanes of at least 4 members (excludes halogenated alkanes) is 1. The van der Waals surface area contributed by atoms with Crippen molar-refractivity contribution in [3.63, 3.8) is 0 Å². The van der Waals surface area contributed by atoms with Gasteiger partial charge in [0.25, 0.3) is 5.91 Å². The van der Waals surface area contributed by atoms with Crippen molar-refractivity contribution in [1.29, 1.82) is 0 Å². The Balaban J connectivity index is 2.01. The van der Waals surface area contributed by atoms with Crippen LogP contribution in [0.5, 0.6) is 0 Å². The number of aromatic nitrogens is 2. The molecule has 6 heteroatoms. The van der Waals surface area contributed by atoms with Crippen LogP contribution in [-0.4, -0.2) is 22.4 Å². The molecule has 0 bridgehead atoms. The number of carbonyl (C=O) groups is 1. The molecule has 0 aliphatic rings. The van der Waals surface area contributed by atoms with Crippen LogP contribution in [0, 0.1) is 6.92 Å². The molecule has 1 aromatic carbocycles. The molecule has 1 aromatic heterocycles. The zero-order valence-corrected chi connectivity index (χ0v) is 14.3. The number of hydrogen-bond donors (Lipinski definition) is 2. The molecule has 0 aliphatic heterocycles. The van der Waals surface area contributed by atoms with Gasteiger partial charge < -0.3 is 10.6 Å². The van der Waals surface area contributed by atoms with Gasteiger partial charge in [-0.15, -0.1) is 0 Å². The van der Waals surface area contributed by atoms with Gasteiger partial charge in [0.05, 0.1) is 12.4 Å². The van der Waals surface area contributed by atoms with Gasteiger partial charge in [0.15, 0.2) is 0 Å². The zero-order valence-electron chi connectivity index (χ0n) is 12.7. The van der Waals surface area contributed by atoms with Crippen molar-refractivity contribution < 1.29 is 4.79 Å². The lowest BCUT2D eigenvalue weighted by Crippen LogP contribution is -2.25. The molecule has 0 spiro atoms. The molecule has 0 fully saturated rings. The molecule has 0 unspecified atom stereocenters.